The van der Waals surface area contributed by atoms with Gasteiger partial charge in [0.15, 0.2) is 0 Å². The first-order valence-corrected chi connectivity index (χ1v) is 14.1. The molecule has 4 rings (SSSR count). The summed E-state index contributed by atoms with van der Waals surface area (Å²) in [5.41, 5.74) is 0. The van der Waals surface area contributed by atoms with Gasteiger partial charge >= 0.3 is 154 Å². The fraction of sp³-hybridized carbons (Fsp3) is 0.0400. The van der Waals surface area contributed by atoms with Crippen LogP contribution in [0.3, 0.4) is 0 Å². The van der Waals surface area contributed by atoms with Gasteiger partial charge in [0.1, 0.15) is 0 Å². The van der Waals surface area contributed by atoms with Gasteiger partial charge < -0.3 is 5.11 Å². The van der Waals surface area contributed by atoms with Gasteiger partial charge in [0.2, 0.25) is 0 Å². The van der Waals surface area contributed by atoms with E-state index in [4.69, 9.17) is 5.11 Å². The summed E-state index contributed by atoms with van der Waals surface area (Å²) >= 11 is -3.17. The van der Waals surface area contributed by atoms with Gasteiger partial charge in [0, 0.05) is 0 Å². The van der Waals surface area contributed by atoms with Crippen LogP contribution < -0.4 is 19.1 Å². The summed E-state index contributed by atoms with van der Waals surface area (Å²) in [7, 11) is 0.750. The summed E-state index contributed by atoms with van der Waals surface area (Å²) in [5.74, 6) is 0. The van der Waals surface area contributed by atoms with E-state index in [0.29, 0.717) is 0 Å². The van der Waals surface area contributed by atoms with Gasteiger partial charge in [-0.2, -0.15) is 7.11 Å². The van der Waals surface area contributed by atoms with E-state index in [2.05, 4.69) is 121 Å². The molecule has 0 aliphatic carbocycles. The topological polar surface area (TPSA) is 23.1 Å². The van der Waals surface area contributed by atoms with E-state index in [-0.39, 0.29) is 0 Å². The van der Waals surface area contributed by atoms with Crippen molar-refractivity contribution >= 4 is 32.8 Å². The van der Waals surface area contributed by atoms with Gasteiger partial charge in [0.05, 0.1) is 0 Å². The van der Waals surface area contributed by atoms with Crippen LogP contribution >= 0.6 is 0 Å². The summed E-state index contributed by atoms with van der Waals surface area (Å²) < 4.78 is 5.91. The second-order valence-electron chi connectivity index (χ2n) is 6.01. The fourth-order valence-electron chi connectivity index (χ4n) is 3.50. The molecule has 0 fully saturated rings. The van der Waals surface area contributed by atoms with E-state index < -0.39 is 18.8 Å². The molecule has 4 aromatic carbocycles. The molecule has 2 heteroatoms. The third-order valence-electron chi connectivity index (χ3n) is 4.57. The molecule has 0 aliphatic heterocycles. The Kier molecular flexibility index (Phi) is 6.87. The molecule has 0 aromatic heterocycles. The maximum atomic E-state index is 8.25. The summed E-state index contributed by atoms with van der Waals surface area (Å²) in [4.78, 5) is 0. The van der Waals surface area contributed by atoms with Crippen LogP contribution in [0.25, 0.3) is 0 Å². The normalized spacial score (nSPS) is 10.6. The molecular weight excluding hydrogens is 438 g/mol. The van der Waals surface area contributed by atoms with Crippen molar-refractivity contribution in [1.29, 1.82) is 0 Å². The molecule has 0 heterocycles. The second kappa shape index (κ2) is 9.55. The summed E-state index contributed by atoms with van der Waals surface area (Å²) in [6.45, 7) is 0. The molecule has 0 atom stereocenters. The minimum atomic E-state index is -3.17. The van der Waals surface area contributed by atoms with Gasteiger partial charge in [0.25, 0.3) is 0 Å². The van der Waals surface area contributed by atoms with Crippen LogP contribution in [0.5, 0.6) is 0 Å². The zero-order chi connectivity index (χ0) is 19.0. The average molecular weight is 461 g/mol. The van der Waals surface area contributed by atoms with Crippen molar-refractivity contribution in [3.8, 4) is 0 Å². The minimum absolute atomic E-state index is 0.750. The molecule has 0 amide bonds. The third kappa shape index (κ3) is 3.85. The van der Waals surface area contributed by atoms with Crippen LogP contribution in [0.1, 0.15) is 0 Å². The van der Waals surface area contributed by atoms with Gasteiger partial charge in [-0.1, -0.05) is 0 Å². The number of rotatable bonds is 4. The van der Waals surface area contributed by atoms with Crippen molar-refractivity contribution in [2.75, 3.05) is 7.11 Å². The van der Waals surface area contributed by atoms with Crippen LogP contribution in [-0.4, -0.2) is 25.9 Å². The molecular formula is C25H23OSb-. The van der Waals surface area contributed by atoms with Crippen LogP contribution in [0.2, 0.25) is 0 Å². The Labute approximate surface area is 166 Å². The standard InChI is InChI=1S/4C6H5.CH3O.Sb/c4*1-2-4-6-5-3-1;1-2;/h4*1-5H;1H3;/q;;;;-1;. The van der Waals surface area contributed by atoms with E-state index in [0.717, 1.165) is 7.11 Å². The molecule has 27 heavy (non-hydrogen) atoms. The van der Waals surface area contributed by atoms with Gasteiger partial charge in [-0.25, -0.2) is 0 Å². The Morgan fingerprint density at radius 1 is 0.370 bits per heavy atom. The fourth-order valence-corrected chi connectivity index (χ4v) is 15.7. The second-order valence-corrected chi connectivity index (χ2v) is 15.7. The first kappa shape index (κ1) is 19.4. The molecule has 0 N–H and O–H groups in total. The zero-order valence-electron chi connectivity index (χ0n) is 15.4. The Bertz CT molecular complexity index is 759. The number of hydrogen-bond acceptors (Lipinski definition) is 1. The van der Waals surface area contributed by atoms with Gasteiger partial charge in [-0.05, 0) is 0 Å². The molecule has 0 saturated carbocycles. The van der Waals surface area contributed by atoms with Crippen LogP contribution in [-0.2, 0) is 0 Å². The van der Waals surface area contributed by atoms with E-state index in [9.17, 15) is 0 Å². The quantitative estimate of drug-likeness (QED) is 0.427. The molecule has 4 aromatic rings. The van der Waals surface area contributed by atoms with Crippen molar-refractivity contribution in [3.05, 3.63) is 121 Å². The molecule has 0 spiro atoms. The van der Waals surface area contributed by atoms with E-state index in [1.165, 1.54) is 14.0 Å². The van der Waals surface area contributed by atoms with Crippen molar-refractivity contribution in [2.24, 2.45) is 0 Å². The molecule has 0 saturated heterocycles. The monoisotopic (exact) mass is 460 g/mol. The van der Waals surface area contributed by atoms with Crippen LogP contribution in [0, 0.1) is 0 Å². The Balaban J connectivity index is 0.00000102. The van der Waals surface area contributed by atoms with E-state index in [1.54, 1.807) is 0 Å². The van der Waals surface area contributed by atoms with Crippen LogP contribution in [0.4, 0.5) is 0 Å². The third-order valence-corrected chi connectivity index (χ3v) is 16.8. The SMILES string of the molecule is C[O-].c1cc[c]([Sb]([c]2ccccc2)([c]2ccccc2)[c]2ccccc2)cc1. The molecule has 135 valence electrons. The number of benzene rings is 4. The van der Waals surface area contributed by atoms with Crippen molar-refractivity contribution in [1.82, 2.24) is 0 Å². The van der Waals surface area contributed by atoms with E-state index >= 15 is 0 Å². The Hall–Kier alpha value is -2.34. The average Bonchev–Trinajstić information content (AvgIpc) is 2.79. The molecule has 1 nitrogen and oxygen atoms in total. The van der Waals surface area contributed by atoms with Crippen molar-refractivity contribution in [3.63, 3.8) is 0 Å². The molecule has 0 aliphatic rings. The summed E-state index contributed by atoms with van der Waals surface area (Å²) in [5, 5.41) is 8.25. The summed E-state index contributed by atoms with van der Waals surface area (Å²) in [6, 6.07) is 44.4. The van der Waals surface area contributed by atoms with Crippen molar-refractivity contribution < 1.29 is 5.11 Å². The van der Waals surface area contributed by atoms with E-state index in [1.807, 2.05) is 0 Å². The first-order chi connectivity index (χ1) is 13.4. The summed E-state index contributed by atoms with van der Waals surface area (Å²) in [6.07, 6.45) is 0. The predicted octanol–water partition coefficient (Wildman–Crippen LogP) is 2.04. The molecule has 0 bridgehead atoms. The van der Waals surface area contributed by atoms with Gasteiger partial charge in [-0.3, -0.25) is 0 Å². The first-order valence-electron chi connectivity index (χ1n) is 8.95. The van der Waals surface area contributed by atoms with Crippen LogP contribution in [0.15, 0.2) is 121 Å². The maximum absolute atomic E-state index is 8.25. The van der Waals surface area contributed by atoms with Crippen molar-refractivity contribution in [2.45, 2.75) is 0 Å². The Morgan fingerprint density at radius 2 is 0.556 bits per heavy atom. The predicted molar refractivity (Wildman–Crippen MR) is 116 cm³/mol. The Morgan fingerprint density at radius 3 is 0.741 bits per heavy atom. The van der Waals surface area contributed by atoms with Gasteiger partial charge in [-0.15, -0.1) is 0 Å². The number of hydrogen-bond donors (Lipinski definition) is 0. The zero-order valence-corrected chi connectivity index (χ0v) is 18.0. The molecule has 0 unspecified atom stereocenters. The molecule has 1 radical (unpaired) electrons.